The fourth-order valence-electron chi connectivity index (χ4n) is 6.66. The minimum absolute atomic E-state index is 0.0222. The van der Waals surface area contributed by atoms with Gasteiger partial charge in [-0.25, -0.2) is 0 Å². The van der Waals surface area contributed by atoms with Crippen molar-refractivity contribution >= 4 is 46.3 Å². The summed E-state index contributed by atoms with van der Waals surface area (Å²) in [6.07, 6.45) is 6.46. The first-order valence-corrected chi connectivity index (χ1v) is 16.7. The van der Waals surface area contributed by atoms with Crippen molar-refractivity contribution in [3.8, 4) is 0 Å². The largest absolute Gasteiger partial charge is 0.462 e. The van der Waals surface area contributed by atoms with Gasteiger partial charge >= 0.3 is 0 Å². The second-order valence-corrected chi connectivity index (χ2v) is 12.5. The lowest BCUT2D eigenvalue weighted by molar-refractivity contribution is -0.127. The lowest BCUT2D eigenvalue weighted by Crippen LogP contribution is -2.49. The highest BCUT2D eigenvalue weighted by atomic mass is 32.1. The number of para-hydroxylation sites is 1. The van der Waals surface area contributed by atoms with Crippen LogP contribution >= 0.6 is 12.2 Å². The van der Waals surface area contributed by atoms with Crippen LogP contribution < -0.4 is 0 Å². The van der Waals surface area contributed by atoms with E-state index in [1.54, 1.807) is 12.2 Å². The molecule has 0 aliphatic carbocycles. The van der Waals surface area contributed by atoms with E-state index < -0.39 is 0 Å². The predicted octanol–water partition coefficient (Wildman–Crippen LogP) is 7.51. The molecule has 7 rings (SSSR count). The fourth-order valence-corrected chi connectivity index (χ4v) is 6.80. The molecule has 8 nitrogen and oxygen atoms in total. The number of nitrogens with zero attached hydrogens (tertiary/aromatic N) is 5. The predicted molar refractivity (Wildman–Crippen MR) is 189 cm³/mol. The molecular weight excluding hydrogens is 605 g/mol. The number of carbonyl (C=O) groups excluding carboxylic acids is 1. The maximum absolute atomic E-state index is 12.9. The second kappa shape index (κ2) is 13.9. The Hall–Kier alpha value is -4.86. The van der Waals surface area contributed by atoms with Crippen LogP contribution in [0, 0.1) is 11.7 Å². The number of aromatic nitrogens is 4. The first-order valence-electron chi connectivity index (χ1n) is 16.3. The molecule has 1 aliphatic heterocycles. The minimum Gasteiger partial charge on any atom is -0.462 e. The number of rotatable bonds is 10. The van der Waals surface area contributed by atoms with Gasteiger partial charge in [0.05, 0.1) is 11.6 Å². The van der Waals surface area contributed by atoms with E-state index in [1.807, 2.05) is 30.0 Å². The molecule has 9 heteroatoms. The van der Waals surface area contributed by atoms with E-state index in [-0.39, 0.29) is 11.9 Å². The summed E-state index contributed by atoms with van der Waals surface area (Å²) in [5, 5.41) is 8.41. The summed E-state index contributed by atoms with van der Waals surface area (Å²) in [6, 6.07) is 32.0. The monoisotopic (exact) mass is 642 g/mol. The van der Waals surface area contributed by atoms with Gasteiger partial charge in [0, 0.05) is 44.2 Å². The smallest absolute Gasteiger partial charge is 0.246 e. The van der Waals surface area contributed by atoms with Gasteiger partial charge in [-0.1, -0.05) is 72.8 Å². The number of fused-ring (bicyclic) bond motifs is 3. The van der Waals surface area contributed by atoms with Gasteiger partial charge in [-0.3, -0.25) is 14.8 Å². The molecule has 3 aromatic heterocycles. The molecule has 238 valence electrons. The molecule has 1 aliphatic rings. The lowest BCUT2D eigenvalue weighted by Gasteiger charge is -2.39. The molecule has 1 N–H and O–H groups in total. The van der Waals surface area contributed by atoms with Gasteiger partial charge in [-0.15, -0.1) is 0 Å². The number of benzene rings is 3. The summed E-state index contributed by atoms with van der Waals surface area (Å²) in [5.74, 6) is 1.56. The van der Waals surface area contributed by atoms with Gasteiger partial charge < -0.3 is 13.9 Å². The number of furan rings is 1. The number of unbranched alkanes of at least 4 members (excludes halogenated alkanes) is 1. The normalized spacial score (nSPS) is 14.8. The Labute approximate surface area is 279 Å². The van der Waals surface area contributed by atoms with Crippen molar-refractivity contribution in [1.29, 1.82) is 0 Å². The highest BCUT2D eigenvalue weighted by molar-refractivity contribution is 7.71. The zero-order valence-corrected chi connectivity index (χ0v) is 27.3. The Morgan fingerprint density at radius 1 is 0.915 bits per heavy atom. The van der Waals surface area contributed by atoms with Crippen LogP contribution in [-0.2, 0) is 17.8 Å². The van der Waals surface area contributed by atoms with E-state index in [1.165, 1.54) is 16.7 Å². The zero-order valence-electron chi connectivity index (χ0n) is 26.5. The molecule has 0 bridgehead atoms. The number of hydrogen-bond acceptors (Lipinski definition) is 6. The summed E-state index contributed by atoms with van der Waals surface area (Å²) in [6.45, 7) is 5.74. The maximum atomic E-state index is 12.9. The third kappa shape index (κ3) is 6.82. The third-order valence-electron chi connectivity index (χ3n) is 9.04. The molecule has 1 atom stereocenters. The number of H-pyrrole nitrogens is 1. The molecule has 3 aromatic carbocycles. The molecule has 0 saturated carbocycles. The van der Waals surface area contributed by atoms with Gasteiger partial charge in [0.15, 0.2) is 5.65 Å². The van der Waals surface area contributed by atoms with Crippen molar-refractivity contribution in [2.45, 2.75) is 38.8 Å². The van der Waals surface area contributed by atoms with Crippen LogP contribution in [0.4, 0.5) is 0 Å². The van der Waals surface area contributed by atoms with Crippen molar-refractivity contribution in [1.82, 2.24) is 29.5 Å². The molecule has 0 spiro atoms. The maximum Gasteiger partial charge on any atom is 0.246 e. The summed E-state index contributed by atoms with van der Waals surface area (Å²) < 4.78 is 8.23. The zero-order chi connectivity index (χ0) is 32.2. The highest BCUT2D eigenvalue weighted by Gasteiger charge is 2.27. The van der Waals surface area contributed by atoms with Crippen LogP contribution in [0.2, 0.25) is 0 Å². The van der Waals surface area contributed by atoms with Crippen LogP contribution in [0.1, 0.15) is 47.1 Å². The van der Waals surface area contributed by atoms with Crippen LogP contribution in [0.15, 0.2) is 101 Å². The molecule has 0 radical (unpaired) electrons. The van der Waals surface area contributed by atoms with Gasteiger partial charge in [-0.05, 0) is 79.4 Å². The minimum atomic E-state index is 0.0222. The third-order valence-corrected chi connectivity index (χ3v) is 9.22. The van der Waals surface area contributed by atoms with Crippen LogP contribution in [0.3, 0.4) is 0 Å². The topological polar surface area (TPSA) is 83.2 Å². The van der Waals surface area contributed by atoms with Gasteiger partial charge in [0.1, 0.15) is 17.0 Å². The molecule has 4 heterocycles. The van der Waals surface area contributed by atoms with E-state index in [9.17, 15) is 4.79 Å². The molecule has 1 unspecified atom stereocenters. The van der Waals surface area contributed by atoms with Crippen molar-refractivity contribution in [2.75, 3.05) is 26.2 Å². The van der Waals surface area contributed by atoms with Crippen molar-refractivity contribution < 1.29 is 9.21 Å². The standard InChI is InChI=1S/C38H38N6O2S/c1-27-14-19-31(46-27)20-21-34(45)42-23-25-43(26-24-42)36(29-10-3-2-4-11-29)30-17-15-28(16-18-30)9-7-8-22-44-33-13-6-5-12-32(33)35-37(44)39-38(47)41-40-35/h2-6,10-21,36H,7-9,22-26H2,1H3,(H,39,41,47)/b21-20+. The average Bonchev–Trinajstić information content (AvgIpc) is 3.67. The highest BCUT2D eigenvalue weighted by Crippen LogP contribution is 2.31. The number of carbonyl (C=O) groups is 1. The number of hydrogen-bond donors (Lipinski definition) is 1. The number of aromatic amines is 1. The first kappa shape index (κ1) is 30.8. The SMILES string of the molecule is Cc1ccc(/C=C/C(=O)N2CCN(C(c3ccccc3)c3ccc(CCCCn4c5ccccc5c5n[nH]c(=S)nc54)cc3)CC2)o1. The summed E-state index contributed by atoms with van der Waals surface area (Å²) in [7, 11) is 0. The van der Waals surface area contributed by atoms with Crippen LogP contribution in [0.5, 0.6) is 0 Å². The lowest BCUT2D eigenvalue weighted by atomic mass is 9.94. The quantitative estimate of drug-likeness (QED) is 0.0946. The van der Waals surface area contributed by atoms with Gasteiger partial charge in [0.2, 0.25) is 10.7 Å². The molecule has 1 saturated heterocycles. The van der Waals surface area contributed by atoms with E-state index >= 15 is 0 Å². The number of aryl methyl sites for hydroxylation is 3. The van der Waals surface area contributed by atoms with Gasteiger partial charge in [0.25, 0.3) is 0 Å². The second-order valence-electron chi connectivity index (χ2n) is 12.1. The van der Waals surface area contributed by atoms with Crippen molar-refractivity contribution in [2.24, 2.45) is 0 Å². The molecular formula is C38H38N6O2S. The van der Waals surface area contributed by atoms with Crippen LogP contribution in [0.25, 0.3) is 28.1 Å². The van der Waals surface area contributed by atoms with E-state index in [0.717, 1.165) is 66.7 Å². The number of piperazine rings is 1. The first-order chi connectivity index (χ1) is 23.0. The molecule has 47 heavy (non-hydrogen) atoms. The van der Waals surface area contributed by atoms with Gasteiger partial charge in [-0.2, -0.15) is 10.1 Å². The average molecular weight is 643 g/mol. The number of amides is 1. The van der Waals surface area contributed by atoms with E-state index in [4.69, 9.17) is 16.6 Å². The summed E-state index contributed by atoms with van der Waals surface area (Å²) >= 11 is 5.28. The Morgan fingerprint density at radius 2 is 1.66 bits per heavy atom. The summed E-state index contributed by atoms with van der Waals surface area (Å²) in [4.78, 5) is 21.9. The molecule has 1 amide bonds. The van der Waals surface area contributed by atoms with Crippen molar-refractivity contribution in [3.63, 3.8) is 0 Å². The van der Waals surface area contributed by atoms with E-state index in [0.29, 0.717) is 23.6 Å². The summed E-state index contributed by atoms with van der Waals surface area (Å²) in [5.41, 5.74) is 6.72. The number of nitrogens with one attached hydrogen (secondary N) is 1. The van der Waals surface area contributed by atoms with E-state index in [2.05, 4.69) is 97.4 Å². The Balaban J connectivity index is 0.991. The Morgan fingerprint density at radius 3 is 2.43 bits per heavy atom. The van der Waals surface area contributed by atoms with Crippen molar-refractivity contribution in [3.05, 3.63) is 130 Å². The molecule has 6 aromatic rings. The van der Waals surface area contributed by atoms with Crippen LogP contribution in [-0.4, -0.2) is 61.6 Å². The Bertz CT molecular complexity index is 2070. The fraction of sp³-hybridized carbons (Fsp3) is 0.263. The molecule has 1 fully saturated rings. The Kier molecular flexibility index (Phi) is 9.08.